The summed E-state index contributed by atoms with van der Waals surface area (Å²) in [5.41, 5.74) is 2.90. The summed E-state index contributed by atoms with van der Waals surface area (Å²) in [5, 5.41) is 2.99. The SMILES string of the molecule is CCCCNC(=O)[C@@H](Cc1ccccc1)N(Cc1ccccc1C)C(=O)COc1ccccc1F. The number of aryl methyl sites for hydroxylation is 1. The number of benzene rings is 3. The molecule has 0 saturated carbocycles. The molecule has 0 fully saturated rings. The van der Waals surface area contributed by atoms with E-state index in [9.17, 15) is 14.0 Å². The summed E-state index contributed by atoms with van der Waals surface area (Å²) < 4.78 is 19.6. The van der Waals surface area contributed by atoms with Crippen LogP contribution in [0.5, 0.6) is 5.75 Å². The van der Waals surface area contributed by atoms with Gasteiger partial charge in [-0.25, -0.2) is 4.39 Å². The average molecular weight is 477 g/mol. The normalized spacial score (nSPS) is 11.5. The highest BCUT2D eigenvalue weighted by Gasteiger charge is 2.31. The quantitative estimate of drug-likeness (QED) is 0.372. The molecule has 3 rings (SSSR count). The van der Waals surface area contributed by atoms with Gasteiger partial charge in [0.25, 0.3) is 5.91 Å². The smallest absolute Gasteiger partial charge is 0.261 e. The Balaban J connectivity index is 1.90. The van der Waals surface area contributed by atoms with E-state index in [4.69, 9.17) is 4.74 Å². The predicted molar refractivity (Wildman–Crippen MR) is 135 cm³/mol. The first kappa shape index (κ1) is 25.9. The van der Waals surface area contributed by atoms with Gasteiger partial charge in [0.2, 0.25) is 5.91 Å². The maximum absolute atomic E-state index is 14.1. The molecule has 0 spiro atoms. The van der Waals surface area contributed by atoms with E-state index in [1.807, 2.05) is 61.5 Å². The molecule has 0 unspecified atom stereocenters. The summed E-state index contributed by atoms with van der Waals surface area (Å²) in [5.74, 6) is -1.13. The van der Waals surface area contributed by atoms with Crippen molar-refractivity contribution in [3.05, 3.63) is 101 Å². The molecule has 0 radical (unpaired) electrons. The third-order valence-corrected chi connectivity index (χ3v) is 5.89. The summed E-state index contributed by atoms with van der Waals surface area (Å²) in [6.07, 6.45) is 2.16. The Bertz CT molecular complexity index is 1100. The number of rotatable bonds is 12. The van der Waals surface area contributed by atoms with Crippen LogP contribution in [0, 0.1) is 12.7 Å². The van der Waals surface area contributed by atoms with Crippen LogP contribution < -0.4 is 10.1 Å². The molecule has 0 bridgehead atoms. The number of hydrogen-bond acceptors (Lipinski definition) is 3. The first-order valence-corrected chi connectivity index (χ1v) is 12.0. The van der Waals surface area contributed by atoms with Crippen LogP contribution in [0.1, 0.15) is 36.5 Å². The van der Waals surface area contributed by atoms with Gasteiger partial charge >= 0.3 is 0 Å². The van der Waals surface area contributed by atoms with E-state index < -0.39 is 11.9 Å². The summed E-state index contributed by atoms with van der Waals surface area (Å²) in [4.78, 5) is 28.4. The number of para-hydroxylation sites is 1. The molecule has 6 heteroatoms. The van der Waals surface area contributed by atoms with Gasteiger partial charge in [0.05, 0.1) is 0 Å². The van der Waals surface area contributed by atoms with Crippen LogP contribution in [0.25, 0.3) is 0 Å². The van der Waals surface area contributed by atoms with Crippen molar-refractivity contribution in [3.63, 3.8) is 0 Å². The molecule has 0 aliphatic carbocycles. The first-order valence-electron chi connectivity index (χ1n) is 12.0. The van der Waals surface area contributed by atoms with Crippen LogP contribution in [0.15, 0.2) is 78.9 Å². The Morgan fingerprint density at radius 1 is 0.971 bits per heavy atom. The molecule has 35 heavy (non-hydrogen) atoms. The van der Waals surface area contributed by atoms with Gasteiger partial charge in [-0.3, -0.25) is 9.59 Å². The molecule has 2 amide bonds. The fraction of sp³-hybridized carbons (Fsp3) is 0.310. The van der Waals surface area contributed by atoms with Crippen molar-refractivity contribution < 1.29 is 18.7 Å². The number of halogens is 1. The van der Waals surface area contributed by atoms with E-state index in [1.54, 1.807) is 17.0 Å². The fourth-order valence-electron chi connectivity index (χ4n) is 3.82. The monoisotopic (exact) mass is 476 g/mol. The van der Waals surface area contributed by atoms with Gasteiger partial charge in [0, 0.05) is 19.5 Å². The Labute approximate surface area is 206 Å². The second kappa shape index (κ2) is 13.3. The van der Waals surface area contributed by atoms with Crippen molar-refractivity contribution in [2.75, 3.05) is 13.2 Å². The van der Waals surface area contributed by atoms with Crippen LogP contribution in [-0.2, 0) is 22.6 Å². The molecule has 1 N–H and O–H groups in total. The zero-order valence-electron chi connectivity index (χ0n) is 20.4. The molecule has 0 saturated heterocycles. The fourth-order valence-corrected chi connectivity index (χ4v) is 3.82. The zero-order valence-corrected chi connectivity index (χ0v) is 20.4. The number of carbonyl (C=O) groups is 2. The minimum Gasteiger partial charge on any atom is -0.481 e. The van der Waals surface area contributed by atoms with Gasteiger partial charge in [-0.05, 0) is 42.2 Å². The third kappa shape index (κ3) is 7.67. The lowest BCUT2D eigenvalue weighted by atomic mass is 10.0. The van der Waals surface area contributed by atoms with Crippen molar-refractivity contribution >= 4 is 11.8 Å². The van der Waals surface area contributed by atoms with Gasteiger partial charge in [0.15, 0.2) is 18.2 Å². The average Bonchev–Trinajstić information content (AvgIpc) is 2.87. The van der Waals surface area contributed by atoms with Crippen molar-refractivity contribution in [1.82, 2.24) is 10.2 Å². The maximum atomic E-state index is 14.1. The molecule has 184 valence electrons. The Hall–Kier alpha value is -3.67. The number of hydrogen-bond donors (Lipinski definition) is 1. The highest BCUT2D eigenvalue weighted by molar-refractivity contribution is 5.88. The summed E-state index contributed by atoms with van der Waals surface area (Å²) in [6.45, 7) is 4.44. The molecule has 0 aromatic heterocycles. The number of amides is 2. The van der Waals surface area contributed by atoms with Crippen LogP contribution in [-0.4, -0.2) is 35.9 Å². The topological polar surface area (TPSA) is 58.6 Å². The van der Waals surface area contributed by atoms with E-state index in [0.29, 0.717) is 13.0 Å². The van der Waals surface area contributed by atoms with Gasteiger partial charge in [-0.1, -0.05) is 80.1 Å². The lowest BCUT2D eigenvalue weighted by Gasteiger charge is -2.32. The maximum Gasteiger partial charge on any atom is 0.261 e. The molecule has 3 aromatic rings. The second-order valence-electron chi connectivity index (χ2n) is 8.52. The number of unbranched alkanes of at least 4 members (excludes halogenated alkanes) is 1. The molecular formula is C29H33FN2O3. The van der Waals surface area contributed by atoms with Crippen molar-refractivity contribution in [3.8, 4) is 5.75 Å². The van der Waals surface area contributed by atoms with E-state index in [1.165, 1.54) is 12.1 Å². The van der Waals surface area contributed by atoms with Crippen LogP contribution in [0.3, 0.4) is 0 Å². The number of nitrogens with one attached hydrogen (secondary N) is 1. The van der Waals surface area contributed by atoms with Gasteiger partial charge in [-0.2, -0.15) is 0 Å². The van der Waals surface area contributed by atoms with Crippen molar-refractivity contribution in [2.24, 2.45) is 0 Å². The zero-order chi connectivity index (χ0) is 25.0. The lowest BCUT2D eigenvalue weighted by Crippen LogP contribution is -2.52. The molecule has 5 nitrogen and oxygen atoms in total. The molecule has 1 atom stereocenters. The summed E-state index contributed by atoms with van der Waals surface area (Å²) >= 11 is 0. The van der Waals surface area contributed by atoms with Gasteiger partial charge in [-0.15, -0.1) is 0 Å². The largest absolute Gasteiger partial charge is 0.481 e. The number of nitrogens with zero attached hydrogens (tertiary/aromatic N) is 1. The van der Waals surface area contributed by atoms with Crippen molar-refractivity contribution in [2.45, 2.75) is 45.7 Å². The van der Waals surface area contributed by atoms with Crippen LogP contribution in [0.2, 0.25) is 0 Å². The standard InChI is InChI=1S/C29H33FN2O3/c1-3-4-18-31-29(34)26(19-23-13-6-5-7-14-23)32(20-24-15-9-8-12-22(24)2)28(33)21-35-27-17-11-10-16-25(27)30/h5-17,26H,3-4,18-21H2,1-2H3,(H,31,34)/t26-/m1/s1. The van der Waals surface area contributed by atoms with E-state index in [-0.39, 0.29) is 30.7 Å². The molecule has 0 aliphatic rings. The molecule has 3 aromatic carbocycles. The van der Waals surface area contributed by atoms with E-state index in [0.717, 1.165) is 29.5 Å². The molecular weight excluding hydrogens is 443 g/mol. The Morgan fingerprint density at radius 3 is 2.37 bits per heavy atom. The van der Waals surface area contributed by atoms with Gasteiger partial charge in [0.1, 0.15) is 6.04 Å². The summed E-state index contributed by atoms with van der Waals surface area (Å²) in [7, 11) is 0. The minimum absolute atomic E-state index is 0.00342. The summed E-state index contributed by atoms with van der Waals surface area (Å²) in [6, 6.07) is 22.6. The highest BCUT2D eigenvalue weighted by Crippen LogP contribution is 2.19. The van der Waals surface area contributed by atoms with E-state index in [2.05, 4.69) is 12.2 Å². The molecule has 0 heterocycles. The Kier molecular flexibility index (Phi) is 9.84. The Morgan fingerprint density at radius 2 is 1.66 bits per heavy atom. The predicted octanol–water partition coefficient (Wildman–Crippen LogP) is 5.07. The number of carbonyl (C=O) groups excluding carboxylic acids is 2. The van der Waals surface area contributed by atoms with Crippen molar-refractivity contribution in [1.29, 1.82) is 0 Å². The second-order valence-corrected chi connectivity index (χ2v) is 8.52. The highest BCUT2D eigenvalue weighted by atomic mass is 19.1. The lowest BCUT2D eigenvalue weighted by molar-refractivity contribution is -0.142. The first-order chi connectivity index (χ1) is 17.0. The van der Waals surface area contributed by atoms with Crippen LogP contribution >= 0.6 is 0 Å². The van der Waals surface area contributed by atoms with Crippen LogP contribution in [0.4, 0.5) is 4.39 Å². The van der Waals surface area contributed by atoms with E-state index >= 15 is 0 Å². The van der Waals surface area contributed by atoms with Gasteiger partial charge < -0.3 is 15.0 Å². The number of ether oxygens (including phenoxy) is 1. The third-order valence-electron chi connectivity index (χ3n) is 5.89. The molecule has 0 aliphatic heterocycles. The minimum atomic E-state index is -0.745.